The molecule has 0 saturated heterocycles. The Morgan fingerprint density at radius 1 is 0.953 bits per heavy atom. The summed E-state index contributed by atoms with van der Waals surface area (Å²) in [5.74, 6) is -0.188. The van der Waals surface area contributed by atoms with Crippen molar-refractivity contribution >= 4 is 33.4 Å². The van der Waals surface area contributed by atoms with Gasteiger partial charge in [-0.1, -0.05) is 42.0 Å². The summed E-state index contributed by atoms with van der Waals surface area (Å²) in [6.07, 6.45) is 12.6. The average Bonchev–Trinajstić information content (AvgIpc) is 3.77. The number of carbonyl (C=O) groups is 1. The number of hydrogen-bond acceptors (Lipinski definition) is 6. The van der Waals surface area contributed by atoms with E-state index < -0.39 is 0 Å². The molecular formula is C35H27N7O. The van der Waals surface area contributed by atoms with Crippen LogP contribution in [0.3, 0.4) is 0 Å². The van der Waals surface area contributed by atoms with Gasteiger partial charge in [-0.25, -0.2) is 15.0 Å². The van der Waals surface area contributed by atoms with E-state index in [2.05, 4.69) is 37.4 Å². The molecule has 4 N–H and O–H groups in total. The Morgan fingerprint density at radius 3 is 2.63 bits per heavy atom. The molecule has 43 heavy (non-hydrogen) atoms. The van der Waals surface area contributed by atoms with E-state index in [1.54, 1.807) is 24.7 Å². The Kier molecular flexibility index (Phi) is 6.77. The first-order valence-corrected chi connectivity index (χ1v) is 14.0. The number of hydrogen-bond donors (Lipinski definition) is 3. The topological polar surface area (TPSA) is 122 Å². The number of aromatic nitrogens is 5. The van der Waals surface area contributed by atoms with Gasteiger partial charge >= 0.3 is 0 Å². The van der Waals surface area contributed by atoms with E-state index >= 15 is 0 Å². The van der Waals surface area contributed by atoms with Crippen LogP contribution in [0.15, 0.2) is 127 Å². The molecule has 8 nitrogen and oxygen atoms in total. The van der Waals surface area contributed by atoms with Crippen LogP contribution in [0.5, 0.6) is 0 Å². The fraction of sp³-hybridized carbons (Fsp3) is 0.0571. The number of H-pyrrole nitrogens is 1. The number of benzene rings is 2. The highest BCUT2D eigenvalue weighted by Gasteiger charge is 2.17. The second kappa shape index (κ2) is 11.2. The molecule has 1 fully saturated rings. The third kappa shape index (κ3) is 5.41. The van der Waals surface area contributed by atoms with E-state index in [-0.39, 0.29) is 5.91 Å². The lowest BCUT2D eigenvalue weighted by atomic mass is 10.0. The summed E-state index contributed by atoms with van der Waals surface area (Å²) in [7, 11) is 0. The minimum absolute atomic E-state index is 0.188. The molecule has 1 amide bonds. The maximum absolute atomic E-state index is 13.0. The molecule has 1 saturated carbocycles. The quantitative estimate of drug-likeness (QED) is 0.190. The molecule has 4 heterocycles. The van der Waals surface area contributed by atoms with Gasteiger partial charge in [-0.15, -0.1) is 0 Å². The van der Waals surface area contributed by atoms with Crippen LogP contribution in [0.4, 0.5) is 0 Å². The number of nitrogens with one attached hydrogen (secondary N) is 2. The molecule has 7 rings (SSSR count). The summed E-state index contributed by atoms with van der Waals surface area (Å²) in [6.45, 7) is 0. The van der Waals surface area contributed by atoms with Gasteiger partial charge in [0.15, 0.2) is 0 Å². The minimum Gasteiger partial charge on any atom is -0.404 e. The third-order valence-corrected chi connectivity index (χ3v) is 7.35. The molecule has 8 heteroatoms. The lowest BCUT2D eigenvalue weighted by Crippen LogP contribution is -2.22. The van der Waals surface area contributed by atoms with Crippen molar-refractivity contribution in [3.63, 3.8) is 0 Å². The molecule has 0 radical (unpaired) electrons. The number of fused-ring (bicyclic) bond motifs is 2. The molecule has 1 aliphatic carbocycles. The van der Waals surface area contributed by atoms with Crippen LogP contribution >= 0.6 is 0 Å². The molecule has 4 aromatic heterocycles. The fourth-order valence-electron chi connectivity index (χ4n) is 5.07. The Bertz CT molecular complexity index is 2070. The molecule has 1 aliphatic rings. The number of nitrogens with two attached hydrogens (primary N) is 1. The number of aromatic amines is 1. The van der Waals surface area contributed by atoms with Gasteiger partial charge in [0.2, 0.25) is 0 Å². The van der Waals surface area contributed by atoms with E-state index in [4.69, 9.17) is 10.7 Å². The normalized spacial score (nSPS) is 13.3. The second-order valence-electron chi connectivity index (χ2n) is 10.3. The first kappa shape index (κ1) is 26.0. The smallest absolute Gasteiger partial charge is 0.255 e. The summed E-state index contributed by atoms with van der Waals surface area (Å²) in [5, 5.41) is 4.10. The Balaban J connectivity index is 1.28. The highest BCUT2D eigenvalue weighted by atomic mass is 16.1. The van der Waals surface area contributed by atoms with Crippen LogP contribution in [0.2, 0.25) is 0 Å². The van der Waals surface area contributed by atoms with E-state index in [0.717, 1.165) is 40.6 Å². The van der Waals surface area contributed by atoms with Crippen LogP contribution in [-0.2, 0) is 0 Å². The minimum atomic E-state index is -0.188. The number of rotatable bonds is 7. The zero-order valence-corrected chi connectivity index (χ0v) is 23.2. The van der Waals surface area contributed by atoms with Crippen molar-refractivity contribution in [3.05, 3.63) is 138 Å². The molecule has 0 aliphatic heterocycles. The van der Waals surface area contributed by atoms with Gasteiger partial charge in [-0.3, -0.25) is 9.78 Å². The first-order chi connectivity index (χ1) is 21.2. The van der Waals surface area contributed by atoms with Crippen molar-refractivity contribution in [1.29, 1.82) is 0 Å². The van der Waals surface area contributed by atoms with Gasteiger partial charge < -0.3 is 16.0 Å². The Morgan fingerprint density at radius 2 is 1.84 bits per heavy atom. The summed E-state index contributed by atoms with van der Waals surface area (Å²) < 4.78 is 0. The Labute approximate surface area is 247 Å². The predicted molar refractivity (Wildman–Crippen MR) is 169 cm³/mol. The van der Waals surface area contributed by atoms with Crippen molar-refractivity contribution in [1.82, 2.24) is 30.2 Å². The standard InChI is InChI=1S/C35H27N7O/c36-19-25(17-26(16-22-11-12-22)40-35(43)23-6-2-1-3-7-23)29-13-14-31-34(42-29)33(39-21-38-31)32-18-28-27(9-4-10-30(28)41-32)24-8-5-15-37-20-24/h1-10,13-21,41H,11-12,36H2,(H,40,43)/b25-19+,26-17+. The van der Waals surface area contributed by atoms with Crippen molar-refractivity contribution in [2.75, 3.05) is 0 Å². The van der Waals surface area contributed by atoms with Crippen molar-refractivity contribution in [2.45, 2.75) is 12.8 Å². The molecule has 0 spiro atoms. The van der Waals surface area contributed by atoms with Crippen molar-refractivity contribution in [3.8, 4) is 22.5 Å². The van der Waals surface area contributed by atoms with E-state index in [1.165, 1.54) is 11.8 Å². The SMILES string of the molecule is N/C=C(\C=C(/C=C1CC1)NC(=O)c1ccccc1)c1ccc2ncnc(-c3cc4c(-c5cccnc5)cccc4[nH]3)c2n1. The van der Waals surface area contributed by atoms with Gasteiger partial charge in [0, 0.05) is 51.9 Å². The first-order valence-electron chi connectivity index (χ1n) is 14.0. The van der Waals surface area contributed by atoms with Gasteiger partial charge in [-0.05, 0) is 73.0 Å². The highest BCUT2D eigenvalue weighted by Crippen LogP contribution is 2.34. The molecule has 2 aromatic carbocycles. The van der Waals surface area contributed by atoms with Crippen LogP contribution < -0.4 is 11.1 Å². The number of carbonyl (C=O) groups excluding carboxylic acids is 1. The lowest BCUT2D eigenvalue weighted by Gasteiger charge is -2.10. The molecule has 6 aromatic rings. The second-order valence-corrected chi connectivity index (χ2v) is 10.3. The lowest BCUT2D eigenvalue weighted by molar-refractivity contribution is 0.0967. The highest BCUT2D eigenvalue weighted by molar-refractivity contribution is 6.00. The summed E-state index contributed by atoms with van der Waals surface area (Å²) in [5.41, 5.74) is 15.9. The zero-order valence-electron chi connectivity index (χ0n) is 23.2. The van der Waals surface area contributed by atoms with E-state index in [1.807, 2.05) is 72.9 Å². The Hall–Kier alpha value is -5.89. The fourth-order valence-corrected chi connectivity index (χ4v) is 5.07. The number of pyridine rings is 2. The average molecular weight is 562 g/mol. The van der Waals surface area contributed by atoms with E-state index in [0.29, 0.717) is 39.3 Å². The summed E-state index contributed by atoms with van der Waals surface area (Å²) >= 11 is 0. The third-order valence-electron chi connectivity index (χ3n) is 7.35. The summed E-state index contributed by atoms with van der Waals surface area (Å²) in [4.78, 5) is 34.8. The maximum atomic E-state index is 13.0. The maximum Gasteiger partial charge on any atom is 0.255 e. The predicted octanol–water partition coefficient (Wildman–Crippen LogP) is 6.57. The molecule has 0 unspecified atom stereocenters. The molecule has 0 bridgehead atoms. The van der Waals surface area contributed by atoms with Crippen LogP contribution in [0.25, 0.3) is 50.0 Å². The van der Waals surface area contributed by atoms with Crippen LogP contribution in [-0.4, -0.2) is 30.8 Å². The van der Waals surface area contributed by atoms with Crippen molar-refractivity contribution in [2.24, 2.45) is 5.73 Å². The van der Waals surface area contributed by atoms with Gasteiger partial charge in [-0.2, -0.15) is 0 Å². The molecule has 0 atom stereocenters. The molecular weight excluding hydrogens is 534 g/mol. The zero-order chi connectivity index (χ0) is 29.2. The van der Waals surface area contributed by atoms with Crippen LogP contribution in [0, 0.1) is 0 Å². The van der Waals surface area contributed by atoms with Gasteiger partial charge in [0.25, 0.3) is 5.91 Å². The van der Waals surface area contributed by atoms with Gasteiger partial charge in [0.1, 0.15) is 17.5 Å². The van der Waals surface area contributed by atoms with Gasteiger partial charge in [0.05, 0.1) is 16.9 Å². The largest absolute Gasteiger partial charge is 0.404 e. The number of nitrogens with zero attached hydrogens (tertiary/aromatic N) is 4. The number of amides is 1. The van der Waals surface area contributed by atoms with E-state index in [9.17, 15) is 4.79 Å². The monoisotopic (exact) mass is 561 g/mol. The molecule has 208 valence electrons. The summed E-state index contributed by atoms with van der Waals surface area (Å²) in [6, 6.07) is 25.1. The van der Waals surface area contributed by atoms with Crippen LogP contribution in [0.1, 0.15) is 28.9 Å². The van der Waals surface area contributed by atoms with Crippen molar-refractivity contribution < 1.29 is 4.79 Å². The number of allylic oxidation sites excluding steroid dienone is 4.